The van der Waals surface area contributed by atoms with Gasteiger partial charge in [-0.3, -0.25) is 14.7 Å². The Morgan fingerprint density at radius 2 is 2.36 bits per heavy atom. The molecule has 2 aliphatic rings. The monoisotopic (exact) mass is 152 g/mol. The van der Waals surface area contributed by atoms with Gasteiger partial charge in [0.25, 0.3) is 0 Å². The number of nitrogens with zero attached hydrogens (tertiary/aromatic N) is 2. The van der Waals surface area contributed by atoms with Crippen molar-refractivity contribution in [2.45, 2.75) is 0 Å². The van der Waals surface area contributed by atoms with E-state index >= 15 is 0 Å². The molecule has 0 aromatic carbocycles. The molecular formula is C6H4N2O3. The van der Waals surface area contributed by atoms with Crippen LogP contribution in [-0.4, -0.2) is 29.7 Å². The van der Waals surface area contributed by atoms with Crippen LogP contribution >= 0.6 is 0 Å². The topological polar surface area (TPSA) is 59.0 Å². The van der Waals surface area contributed by atoms with E-state index in [0.29, 0.717) is 0 Å². The van der Waals surface area contributed by atoms with Crippen LogP contribution in [0.2, 0.25) is 0 Å². The third-order valence-corrected chi connectivity index (χ3v) is 1.43. The average Bonchev–Trinajstić information content (AvgIpc) is 2.30. The van der Waals surface area contributed by atoms with E-state index in [4.69, 9.17) is 0 Å². The predicted octanol–water partition coefficient (Wildman–Crippen LogP) is -0.745. The molecule has 0 aromatic rings. The summed E-state index contributed by atoms with van der Waals surface area (Å²) in [6.45, 7) is 0.177. The summed E-state index contributed by atoms with van der Waals surface area (Å²) in [5, 5.41) is 0. The molecule has 2 heterocycles. The molecule has 1 amide bonds. The molecule has 5 nitrogen and oxygen atoms in total. The Balaban J connectivity index is 2.37. The summed E-state index contributed by atoms with van der Waals surface area (Å²) in [6.07, 6.45) is 2.98. The highest BCUT2D eigenvalue weighted by molar-refractivity contribution is 6.35. The lowest BCUT2D eigenvalue weighted by atomic mass is 10.5. The van der Waals surface area contributed by atoms with Gasteiger partial charge in [-0.2, -0.15) is 0 Å². The standard InChI is InChI=1S/C6H4N2O3/c9-5-6(10)11-4-1-2-7-3-8(4)5/h1-2H,3H2. The lowest BCUT2D eigenvalue weighted by Gasteiger charge is -2.12. The lowest BCUT2D eigenvalue weighted by molar-refractivity contribution is -0.147. The van der Waals surface area contributed by atoms with Gasteiger partial charge in [0.2, 0.25) is 5.88 Å². The van der Waals surface area contributed by atoms with E-state index in [-0.39, 0.29) is 12.6 Å². The molecule has 0 saturated carbocycles. The first-order valence-electron chi connectivity index (χ1n) is 3.03. The molecule has 0 aromatic heterocycles. The zero-order valence-corrected chi connectivity index (χ0v) is 5.48. The normalized spacial score (nSPS) is 21.5. The maximum absolute atomic E-state index is 10.9. The Morgan fingerprint density at radius 3 is 3.09 bits per heavy atom. The van der Waals surface area contributed by atoms with Crippen molar-refractivity contribution in [1.29, 1.82) is 0 Å². The van der Waals surface area contributed by atoms with E-state index in [9.17, 15) is 9.59 Å². The van der Waals surface area contributed by atoms with Crippen LogP contribution in [0.4, 0.5) is 0 Å². The summed E-state index contributed by atoms with van der Waals surface area (Å²) in [7, 11) is 0. The first-order chi connectivity index (χ1) is 5.29. The minimum Gasteiger partial charge on any atom is -0.402 e. The fourth-order valence-electron chi connectivity index (χ4n) is 0.907. The van der Waals surface area contributed by atoms with Crippen LogP contribution in [0.5, 0.6) is 0 Å². The Labute approximate surface area is 62.0 Å². The van der Waals surface area contributed by atoms with Crippen LogP contribution in [-0.2, 0) is 14.3 Å². The molecule has 0 radical (unpaired) electrons. The summed E-state index contributed by atoms with van der Waals surface area (Å²) in [6, 6.07) is 0. The molecule has 0 unspecified atom stereocenters. The second kappa shape index (κ2) is 1.91. The lowest BCUT2D eigenvalue weighted by Crippen LogP contribution is -2.27. The number of ether oxygens (including phenoxy) is 1. The van der Waals surface area contributed by atoms with Gasteiger partial charge in [-0.15, -0.1) is 0 Å². The molecule has 1 saturated heterocycles. The average molecular weight is 152 g/mol. The number of esters is 1. The van der Waals surface area contributed by atoms with Crippen LogP contribution < -0.4 is 0 Å². The van der Waals surface area contributed by atoms with E-state index in [0.717, 1.165) is 0 Å². The van der Waals surface area contributed by atoms with E-state index < -0.39 is 11.9 Å². The van der Waals surface area contributed by atoms with Crippen molar-refractivity contribution < 1.29 is 14.3 Å². The Bertz CT molecular complexity index is 292. The van der Waals surface area contributed by atoms with Crippen molar-refractivity contribution in [3.05, 3.63) is 12.0 Å². The van der Waals surface area contributed by atoms with Gasteiger partial charge in [0.15, 0.2) is 0 Å². The Kier molecular flexibility index (Phi) is 1.06. The number of carbonyl (C=O) groups is 2. The van der Waals surface area contributed by atoms with Crippen LogP contribution in [0.25, 0.3) is 0 Å². The Morgan fingerprint density at radius 1 is 1.55 bits per heavy atom. The number of hydrogen-bond donors (Lipinski definition) is 0. The highest BCUT2D eigenvalue weighted by Crippen LogP contribution is 2.17. The minimum atomic E-state index is -0.832. The number of carbonyl (C=O) groups excluding carboxylic acids is 2. The highest BCUT2D eigenvalue weighted by atomic mass is 16.6. The third-order valence-electron chi connectivity index (χ3n) is 1.43. The molecule has 0 atom stereocenters. The van der Waals surface area contributed by atoms with Crippen molar-refractivity contribution in [2.24, 2.45) is 4.99 Å². The molecule has 5 heteroatoms. The van der Waals surface area contributed by atoms with Gasteiger partial charge in [0, 0.05) is 12.3 Å². The maximum atomic E-state index is 10.9. The van der Waals surface area contributed by atoms with Crippen LogP contribution in [0, 0.1) is 0 Å². The van der Waals surface area contributed by atoms with Gasteiger partial charge in [-0.1, -0.05) is 0 Å². The van der Waals surface area contributed by atoms with E-state index in [1.807, 2.05) is 0 Å². The fraction of sp³-hybridized carbons (Fsp3) is 0.167. The number of fused-ring (bicyclic) bond motifs is 1. The number of amides is 1. The first-order valence-corrected chi connectivity index (χ1v) is 3.03. The van der Waals surface area contributed by atoms with Crippen molar-refractivity contribution in [3.63, 3.8) is 0 Å². The van der Waals surface area contributed by atoms with E-state index in [1.165, 1.54) is 17.2 Å². The zero-order chi connectivity index (χ0) is 7.84. The number of rotatable bonds is 0. The molecular weight excluding hydrogens is 148 g/mol. The molecule has 2 aliphatic heterocycles. The summed E-state index contributed by atoms with van der Waals surface area (Å²) in [5.74, 6) is -1.20. The van der Waals surface area contributed by atoms with Crippen molar-refractivity contribution in [2.75, 3.05) is 6.67 Å². The van der Waals surface area contributed by atoms with Crippen LogP contribution in [0.3, 0.4) is 0 Å². The maximum Gasteiger partial charge on any atom is 0.404 e. The van der Waals surface area contributed by atoms with Gasteiger partial charge in [-0.25, -0.2) is 4.79 Å². The summed E-state index contributed by atoms with van der Waals surface area (Å²) in [5.41, 5.74) is 0. The molecule has 0 aliphatic carbocycles. The predicted molar refractivity (Wildman–Crippen MR) is 34.4 cm³/mol. The van der Waals surface area contributed by atoms with Crippen LogP contribution in [0.15, 0.2) is 17.0 Å². The van der Waals surface area contributed by atoms with Crippen LogP contribution in [0.1, 0.15) is 0 Å². The number of hydrogen-bond acceptors (Lipinski definition) is 4. The van der Waals surface area contributed by atoms with E-state index in [2.05, 4.69) is 9.73 Å². The summed E-state index contributed by atoms with van der Waals surface area (Å²) >= 11 is 0. The molecule has 0 N–H and O–H groups in total. The highest BCUT2D eigenvalue weighted by Gasteiger charge is 2.36. The smallest absolute Gasteiger partial charge is 0.402 e. The molecule has 2 rings (SSSR count). The van der Waals surface area contributed by atoms with Crippen molar-refractivity contribution >= 4 is 18.1 Å². The van der Waals surface area contributed by atoms with Gasteiger partial charge in [-0.05, 0) is 0 Å². The summed E-state index contributed by atoms with van der Waals surface area (Å²) < 4.78 is 4.58. The number of aliphatic imine (C=N–C) groups is 1. The molecule has 56 valence electrons. The second-order valence-electron chi connectivity index (χ2n) is 2.10. The summed E-state index contributed by atoms with van der Waals surface area (Å²) in [4.78, 5) is 26.5. The first kappa shape index (κ1) is 6.09. The second-order valence-corrected chi connectivity index (χ2v) is 2.10. The van der Waals surface area contributed by atoms with Gasteiger partial charge in [0.1, 0.15) is 6.67 Å². The fourth-order valence-corrected chi connectivity index (χ4v) is 0.907. The van der Waals surface area contributed by atoms with Crippen molar-refractivity contribution in [1.82, 2.24) is 4.90 Å². The van der Waals surface area contributed by atoms with Gasteiger partial charge in [0.05, 0.1) is 0 Å². The Hall–Kier alpha value is -1.65. The minimum absolute atomic E-state index is 0.177. The molecule has 11 heavy (non-hydrogen) atoms. The quantitative estimate of drug-likeness (QED) is 0.339. The zero-order valence-electron chi connectivity index (χ0n) is 5.48. The van der Waals surface area contributed by atoms with Crippen molar-refractivity contribution in [3.8, 4) is 0 Å². The molecule has 1 fully saturated rings. The number of allylic oxidation sites excluding steroid dienone is 1. The SMILES string of the molecule is O=C1OC2=CC=NCN2C1=O. The third kappa shape index (κ3) is 0.739. The van der Waals surface area contributed by atoms with E-state index in [1.54, 1.807) is 0 Å². The van der Waals surface area contributed by atoms with Gasteiger partial charge < -0.3 is 4.74 Å². The molecule has 0 spiro atoms. The largest absolute Gasteiger partial charge is 0.404 e. The molecule has 0 bridgehead atoms. The van der Waals surface area contributed by atoms with Gasteiger partial charge >= 0.3 is 11.9 Å².